The summed E-state index contributed by atoms with van der Waals surface area (Å²) in [7, 11) is 9.99. The third-order valence-electron chi connectivity index (χ3n) is 10.4. The summed E-state index contributed by atoms with van der Waals surface area (Å²) in [6.07, 6.45) is 29.0. The number of fused-ring (bicyclic) bond motifs is 2. The molecule has 0 N–H and O–H groups in total. The van der Waals surface area contributed by atoms with Gasteiger partial charge in [0.05, 0.1) is 0 Å². The Balaban J connectivity index is 0.000000197. The largest absolute Gasteiger partial charge is 0.161 e. The average molecular weight is 789 g/mol. The predicted octanol–water partition coefficient (Wildman–Crippen LogP) is 14.5. The molecule has 5 heteroatoms. The van der Waals surface area contributed by atoms with Gasteiger partial charge in [0, 0.05) is 0 Å². The van der Waals surface area contributed by atoms with Gasteiger partial charge in [0.2, 0.25) is 0 Å². The molecule has 0 saturated heterocycles. The number of unbranched alkanes of at least 4 members (excludes halogenated alkanes) is 6. The first kappa shape index (κ1) is 39.8. The summed E-state index contributed by atoms with van der Waals surface area (Å²) in [5.74, 6) is 0. The molecule has 2 aliphatic rings. The molecule has 0 spiro atoms. The maximum atomic E-state index is 4.93. The minimum Gasteiger partial charge on any atom is -0.161 e. The topological polar surface area (TPSA) is 0 Å². The van der Waals surface area contributed by atoms with Gasteiger partial charge in [-0.25, -0.2) is 0 Å². The van der Waals surface area contributed by atoms with Crippen molar-refractivity contribution in [3.63, 3.8) is 0 Å². The van der Waals surface area contributed by atoms with Crippen LogP contribution in [-0.4, -0.2) is 23.6 Å². The van der Waals surface area contributed by atoms with E-state index in [0.29, 0.717) is 0 Å². The first-order valence-electron chi connectivity index (χ1n) is 19.0. The summed E-state index contributed by atoms with van der Waals surface area (Å²) in [6.45, 7) is 4.61. The van der Waals surface area contributed by atoms with Gasteiger partial charge in [-0.2, -0.15) is 12.1 Å². The van der Waals surface area contributed by atoms with E-state index >= 15 is 0 Å². The smallest absolute Gasteiger partial charge is 0.0181 e. The van der Waals surface area contributed by atoms with Crippen molar-refractivity contribution >= 4 is 65.0 Å². The van der Waals surface area contributed by atoms with Crippen molar-refractivity contribution in [1.82, 2.24) is 0 Å². The van der Waals surface area contributed by atoms with Crippen LogP contribution in [0.2, 0.25) is 0 Å². The van der Waals surface area contributed by atoms with E-state index in [1.165, 1.54) is 149 Å². The van der Waals surface area contributed by atoms with Gasteiger partial charge in [-0.15, -0.1) is 80.7 Å². The van der Waals surface area contributed by atoms with Crippen molar-refractivity contribution in [2.75, 3.05) is 12.3 Å². The molecule has 2 fully saturated rings. The molecule has 4 aromatic carbocycles. The van der Waals surface area contributed by atoms with E-state index in [9.17, 15) is 0 Å². The molecule has 0 aromatic heterocycles. The van der Waals surface area contributed by atoms with E-state index in [-0.39, 0.29) is 15.8 Å². The molecule has 0 unspecified atom stereocenters. The van der Waals surface area contributed by atoms with Crippen molar-refractivity contribution < 1.29 is 20.8 Å². The van der Waals surface area contributed by atoms with Crippen LogP contribution in [0.5, 0.6) is 0 Å². The van der Waals surface area contributed by atoms with Crippen LogP contribution in [0.15, 0.2) is 72.8 Å². The molecule has 47 heavy (non-hydrogen) atoms. The van der Waals surface area contributed by atoms with Crippen molar-refractivity contribution in [1.29, 1.82) is 0 Å². The van der Waals surface area contributed by atoms with Crippen LogP contribution in [0.3, 0.4) is 0 Å². The fourth-order valence-corrected chi connectivity index (χ4v) is 14.3. The molecule has 0 radical (unpaired) electrons. The second kappa shape index (κ2) is 23.5. The number of benzene rings is 2. The molecule has 0 nitrogen and oxygen atoms in total. The fraction of sp³-hybridized carbons (Fsp3) is 0.571. The average Bonchev–Trinajstić information content (AvgIpc) is 3.74. The second-order valence-electron chi connectivity index (χ2n) is 13.9. The van der Waals surface area contributed by atoms with E-state index in [1.54, 1.807) is 10.6 Å². The summed E-state index contributed by atoms with van der Waals surface area (Å²) in [4.78, 5) is 0. The number of rotatable bonds is 14. The molecular formula is C42H60Cl2P2Zr. The monoisotopic (exact) mass is 786 g/mol. The van der Waals surface area contributed by atoms with E-state index in [0.717, 1.165) is 11.3 Å². The normalized spacial score (nSPS) is 15.8. The standard InChI is InChI=1S/C21H28P.C21H32P.2ClH.Zr/c1-3-11-19(12-4-1)22(20-13-5-2-6-14-20)21-15-17-9-7-8-10-18(17)16-21;1-3-5-7-11-15-22(16-12-8-6-4-2)21-17-19-13-9-10-14-20(19)18-21;;;/h7-10,15-16,19-20H,1-6,11-14H2;9-10,13-14,17-18H,3-8,11-12,15-16H2,1-2H3;2*1H;/q2*-1;;;+4/p-2. The van der Waals surface area contributed by atoms with E-state index in [2.05, 4.69) is 86.6 Å². The zero-order valence-electron chi connectivity index (χ0n) is 29.4. The summed E-state index contributed by atoms with van der Waals surface area (Å²) < 4.78 is 0. The Labute approximate surface area is 309 Å². The van der Waals surface area contributed by atoms with Gasteiger partial charge >= 0.3 is 37.9 Å². The maximum Gasteiger partial charge on any atom is -0.0181 e. The predicted molar refractivity (Wildman–Crippen MR) is 216 cm³/mol. The molecular weight excluding hydrogens is 729 g/mol. The molecule has 0 heterocycles. The number of hydrogen-bond acceptors (Lipinski definition) is 0. The van der Waals surface area contributed by atoms with E-state index in [1.807, 2.05) is 0 Å². The van der Waals surface area contributed by atoms with Gasteiger partial charge in [-0.05, 0) is 62.2 Å². The summed E-state index contributed by atoms with van der Waals surface area (Å²) in [5, 5.41) is 9.20. The molecule has 2 aliphatic carbocycles. The van der Waals surface area contributed by atoms with Gasteiger partial charge in [0.15, 0.2) is 0 Å². The van der Waals surface area contributed by atoms with Crippen LogP contribution >= 0.6 is 32.9 Å². The van der Waals surface area contributed by atoms with E-state index < -0.39 is 20.8 Å². The maximum absolute atomic E-state index is 4.93. The molecule has 2 saturated carbocycles. The first-order chi connectivity index (χ1) is 23.2. The number of hydrogen-bond donors (Lipinski definition) is 0. The van der Waals surface area contributed by atoms with Gasteiger partial charge < -0.3 is 0 Å². The second-order valence-corrected chi connectivity index (χ2v) is 22.9. The molecule has 4 aromatic rings. The van der Waals surface area contributed by atoms with Gasteiger partial charge in [-0.1, -0.05) is 119 Å². The first-order valence-corrected chi connectivity index (χ1v) is 28.5. The molecule has 0 amide bonds. The van der Waals surface area contributed by atoms with E-state index in [4.69, 9.17) is 17.0 Å². The Morgan fingerprint density at radius 3 is 1.47 bits per heavy atom. The van der Waals surface area contributed by atoms with Crippen molar-refractivity contribution in [2.24, 2.45) is 0 Å². The summed E-state index contributed by atoms with van der Waals surface area (Å²) >= 11 is -0.826. The van der Waals surface area contributed by atoms with Crippen LogP contribution in [0.4, 0.5) is 0 Å². The van der Waals surface area contributed by atoms with Crippen LogP contribution in [-0.2, 0) is 20.8 Å². The third-order valence-corrected chi connectivity index (χ3v) is 16.5. The Morgan fingerprint density at radius 1 is 0.596 bits per heavy atom. The van der Waals surface area contributed by atoms with Crippen molar-refractivity contribution in [3.8, 4) is 0 Å². The van der Waals surface area contributed by atoms with Gasteiger partial charge in [-0.3, -0.25) is 0 Å². The van der Waals surface area contributed by atoms with Crippen LogP contribution in [0.1, 0.15) is 129 Å². The minimum atomic E-state index is -0.826. The summed E-state index contributed by atoms with van der Waals surface area (Å²) in [5.41, 5.74) is 2.03. The zero-order valence-corrected chi connectivity index (χ0v) is 35.1. The molecule has 0 aliphatic heterocycles. The van der Waals surface area contributed by atoms with Crippen LogP contribution < -0.4 is 10.6 Å². The zero-order chi connectivity index (χ0) is 33.1. The fourth-order valence-electron chi connectivity index (χ4n) is 7.87. The Kier molecular flexibility index (Phi) is 19.8. The van der Waals surface area contributed by atoms with Crippen molar-refractivity contribution in [2.45, 2.75) is 141 Å². The Bertz CT molecular complexity index is 1270. The summed E-state index contributed by atoms with van der Waals surface area (Å²) in [6, 6.07) is 27.9. The molecule has 0 atom stereocenters. The molecule has 256 valence electrons. The SMILES string of the molecule is CCCCCCP(CCCCCC)c1cc2ccccc2[cH-]1.[Cl][Zr+2][Cl].c1ccc2[cH-]c(P(C3CCCCC3)C3CCCCC3)cc2c1. The van der Waals surface area contributed by atoms with Gasteiger partial charge in [0.1, 0.15) is 0 Å². The minimum absolute atomic E-state index is 0.0611. The van der Waals surface area contributed by atoms with Crippen molar-refractivity contribution in [3.05, 3.63) is 72.8 Å². The van der Waals surface area contributed by atoms with Crippen LogP contribution in [0, 0.1) is 0 Å². The molecule has 6 rings (SSSR count). The number of halogens is 2. The van der Waals surface area contributed by atoms with Crippen LogP contribution in [0.25, 0.3) is 21.5 Å². The third kappa shape index (κ3) is 13.2. The quantitative estimate of drug-likeness (QED) is 0.0678. The van der Waals surface area contributed by atoms with Gasteiger partial charge in [0.25, 0.3) is 0 Å². The molecule has 0 bridgehead atoms. The Hall–Kier alpha value is -0.0169. The Morgan fingerprint density at radius 2 is 1.02 bits per heavy atom.